The Morgan fingerprint density at radius 1 is 0.680 bits per heavy atom. The molecule has 14 heteroatoms. The third kappa shape index (κ3) is 10.1. The fourth-order valence-corrected chi connectivity index (χ4v) is 4.47. The van der Waals surface area contributed by atoms with E-state index < -0.39 is 29.5 Å². The molecule has 0 aliphatic heterocycles. The van der Waals surface area contributed by atoms with Crippen LogP contribution in [0.2, 0.25) is 0 Å². The van der Waals surface area contributed by atoms with Crippen LogP contribution in [-0.2, 0) is 20.8 Å². The number of nitrogens with zero attached hydrogens (tertiary/aromatic N) is 4. The zero-order valence-electron chi connectivity index (χ0n) is 28.8. The summed E-state index contributed by atoms with van der Waals surface area (Å²) in [5, 5.41) is 2.68. The van der Waals surface area contributed by atoms with E-state index in [1.165, 1.54) is 21.5 Å². The number of amides is 1. The molecule has 14 nitrogen and oxygen atoms in total. The van der Waals surface area contributed by atoms with Crippen LogP contribution in [0.25, 0.3) is 22.5 Å². The van der Waals surface area contributed by atoms with Crippen LogP contribution >= 0.6 is 0 Å². The van der Waals surface area contributed by atoms with Gasteiger partial charge < -0.3 is 31.4 Å². The third-order valence-corrected chi connectivity index (χ3v) is 6.53. The largest absolute Gasteiger partial charge is 0.444 e. The molecule has 0 radical (unpaired) electrons. The van der Waals surface area contributed by atoms with Crippen molar-refractivity contribution in [3.05, 3.63) is 96.8 Å². The average Bonchev–Trinajstić information content (AvgIpc) is 3.62. The SMILES string of the molecule is CC(C)(C)OC(=O)n1c(-c2cccc(N)c2)cnc1N.CC(C)(C)OC(=O)n1c(-c2cccc(NC(=O)OCc3ccccc3)c2)cnc1N. The van der Waals surface area contributed by atoms with E-state index in [-0.39, 0.29) is 18.5 Å². The maximum absolute atomic E-state index is 12.6. The van der Waals surface area contributed by atoms with Crippen molar-refractivity contribution in [2.75, 3.05) is 22.5 Å². The van der Waals surface area contributed by atoms with Gasteiger partial charge in [0.15, 0.2) is 0 Å². The number of imidazole rings is 2. The zero-order chi connectivity index (χ0) is 36.6. The second-order valence-electron chi connectivity index (χ2n) is 13.0. The summed E-state index contributed by atoms with van der Waals surface area (Å²) >= 11 is 0. The number of anilines is 4. The first-order valence-corrected chi connectivity index (χ1v) is 15.6. The lowest BCUT2D eigenvalue weighted by molar-refractivity contribution is 0.0531. The van der Waals surface area contributed by atoms with E-state index in [9.17, 15) is 14.4 Å². The highest BCUT2D eigenvalue weighted by atomic mass is 16.6. The molecule has 2 aromatic heterocycles. The van der Waals surface area contributed by atoms with Crippen molar-refractivity contribution in [2.24, 2.45) is 0 Å². The number of hydrogen-bond acceptors (Lipinski definition) is 11. The Bertz CT molecular complexity index is 1960. The monoisotopic (exact) mass is 682 g/mol. The number of nitrogen functional groups attached to an aromatic ring is 3. The van der Waals surface area contributed by atoms with Crippen LogP contribution in [0.5, 0.6) is 0 Å². The molecule has 5 rings (SSSR count). The number of benzene rings is 3. The molecule has 262 valence electrons. The Balaban J connectivity index is 0.000000244. The van der Waals surface area contributed by atoms with Gasteiger partial charge in [0.1, 0.15) is 17.8 Å². The van der Waals surface area contributed by atoms with Crippen LogP contribution < -0.4 is 22.5 Å². The topological polar surface area (TPSA) is 205 Å². The number of rotatable bonds is 5. The smallest absolute Gasteiger partial charge is 0.421 e. The summed E-state index contributed by atoms with van der Waals surface area (Å²) in [6.07, 6.45) is 1.22. The Hall–Kier alpha value is -6.31. The maximum Gasteiger partial charge on any atom is 0.421 e. The number of carbonyl (C=O) groups excluding carboxylic acids is 3. The molecule has 0 saturated heterocycles. The van der Waals surface area contributed by atoms with Gasteiger partial charge in [0.25, 0.3) is 0 Å². The van der Waals surface area contributed by atoms with Gasteiger partial charge in [-0.2, -0.15) is 0 Å². The number of nitrogens with one attached hydrogen (secondary N) is 1. The van der Waals surface area contributed by atoms with Crippen molar-refractivity contribution in [1.82, 2.24) is 19.1 Å². The maximum atomic E-state index is 12.6. The fourth-order valence-electron chi connectivity index (χ4n) is 4.47. The summed E-state index contributed by atoms with van der Waals surface area (Å²) in [6, 6.07) is 23.4. The summed E-state index contributed by atoms with van der Waals surface area (Å²) in [4.78, 5) is 44.9. The van der Waals surface area contributed by atoms with Gasteiger partial charge in [-0.3, -0.25) is 5.32 Å². The number of hydrogen-bond donors (Lipinski definition) is 4. The van der Waals surface area contributed by atoms with Crippen LogP contribution in [0.1, 0.15) is 47.1 Å². The van der Waals surface area contributed by atoms with E-state index in [1.54, 1.807) is 84.0 Å². The van der Waals surface area contributed by atoms with E-state index in [2.05, 4.69) is 15.3 Å². The highest BCUT2D eigenvalue weighted by Gasteiger charge is 2.24. The molecule has 0 bridgehead atoms. The number of aromatic nitrogens is 4. The van der Waals surface area contributed by atoms with Crippen molar-refractivity contribution in [3.8, 4) is 22.5 Å². The Morgan fingerprint density at radius 3 is 1.68 bits per heavy atom. The number of ether oxygens (including phenoxy) is 3. The van der Waals surface area contributed by atoms with E-state index in [0.29, 0.717) is 28.3 Å². The van der Waals surface area contributed by atoms with Gasteiger partial charge in [-0.05, 0) is 71.4 Å². The zero-order valence-corrected chi connectivity index (χ0v) is 28.8. The lowest BCUT2D eigenvalue weighted by Gasteiger charge is -2.20. The van der Waals surface area contributed by atoms with Crippen molar-refractivity contribution in [1.29, 1.82) is 0 Å². The molecular formula is C36H42N8O6. The first-order valence-electron chi connectivity index (χ1n) is 15.6. The summed E-state index contributed by atoms with van der Waals surface area (Å²) in [5.74, 6) is 0.0940. The normalized spacial score (nSPS) is 11.2. The molecule has 0 fully saturated rings. The first kappa shape index (κ1) is 36.5. The molecule has 3 aromatic carbocycles. The number of carbonyl (C=O) groups is 3. The first-order chi connectivity index (χ1) is 23.5. The predicted molar refractivity (Wildman–Crippen MR) is 192 cm³/mol. The Labute approximate surface area is 290 Å². The van der Waals surface area contributed by atoms with Crippen LogP contribution in [0.15, 0.2) is 91.3 Å². The minimum absolute atomic E-state index is 0.0138. The molecular weight excluding hydrogens is 640 g/mol. The van der Waals surface area contributed by atoms with E-state index in [1.807, 2.05) is 36.4 Å². The molecule has 0 saturated carbocycles. The molecule has 0 unspecified atom stereocenters. The molecule has 1 amide bonds. The minimum Gasteiger partial charge on any atom is -0.444 e. The van der Waals surface area contributed by atoms with Gasteiger partial charge in [0, 0.05) is 22.5 Å². The van der Waals surface area contributed by atoms with Crippen LogP contribution in [0.3, 0.4) is 0 Å². The van der Waals surface area contributed by atoms with Gasteiger partial charge >= 0.3 is 18.3 Å². The summed E-state index contributed by atoms with van der Waals surface area (Å²) in [5.41, 5.74) is 20.4. The van der Waals surface area contributed by atoms with Gasteiger partial charge in [-0.25, -0.2) is 33.5 Å². The average molecular weight is 683 g/mol. The standard InChI is InChI=1S/C22H24N4O4.C14H18N4O2/c1-22(2,3)30-21(28)26-18(13-24-19(26)23)16-10-7-11-17(12-16)25-20(27)29-14-15-8-5-4-6-9-15;1-14(2,3)20-13(19)18-11(8-17-12(18)16)9-5-4-6-10(15)7-9/h4-13H,14H2,1-3H3,(H2,23,24)(H,25,27);4-8H,15H2,1-3H3,(H2,16,17). The highest BCUT2D eigenvalue weighted by molar-refractivity contribution is 5.87. The molecule has 7 N–H and O–H groups in total. The van der Waals surface area contributed by atoms with E-state index in [0.717, 1.165) is 11.1 Å². The predicted octanol–water partition coefficient (Wildman–Crippen LogP) is 7.16. The van der Waals surface area contributed by atoms with Crippen molar-refractivity contribution in [3.63, 3.8) is 0 Å². The van der Waals surface area contributed by atoms with Crippen LogP contribution in [0.4, 0.5) is 37.7 Å². The van der Waals surface area contributed by atoms with E-state index >= 15 is 0 Å². The fraction of sp³-hybridized carbons (Fsp3) is 0.250. The van der Waals surface area contributed by atoms with Crippen molar-refractivity contribution in [2.45, 2.75) is 59.4 Å². The summed E-state index contributed by atoms with van der Waals surface area (Å²) in [7, 11) is 0. The highest BCUT2D eigenvalue weighted by Crippen LogP contribution is 2.27. The number of nitrogens with two attached hydrogens (primary N) is 3. The lowest BCUT2D eigenvalue weighted by Crippen LogP contribution is -2.28. The quantitative estimate of drug-likeness (QED) is 0.108. The molecule has 0 atom stereocenters. The molecule has 0 aliphatic carbocycles. The Kier molecular flexibility index (Phi) is 11.2. The van der Waals surface area contributed by atoms with Gasteiger partial charge in [0.2, 0.25) is 11.9 Å². The second kappa shape index (κ2) is 15.3. The molecule has 5 aromatic rings. The van der Waals surface area contributed by atoms with Crippen molar-refractivity contribution >= 4 is 41.6 Å². The third-order valence-electron chi connectivity index (χ3n) is 6.53. The van der Waals surface area contributed by atoms with Crippen LogP contribution in [0, 0.1) is 0 Å². The van der Waals surface area contributed by atoms with Crippen LogP contribution in [-0.4, -0.2) is 48.6 Å². The van der Waals surface area contributed by atoms with Gasteiger partial charge in [-0.1, -0.05) is 54.6 Å². The molecule has 2 heterocycles. The summed E-state index contributed by atoms with van der Waals surface area (Å²) in [6.45, 7) is 10.8. The lowest BCUT2D eigenvalue weighted by atomic mass is 10.1. The van der Waals surface area contributed by atoms with E-state index in [4.69, 9.17) is 31.4 Å². The molecule has 50 heavy (non-hydrogen) atoms. The molecule has 0 spiro atoms. The van der Waals surface area contributed by atoms with Gasteiger partial charge in [-0.15, -0.1) is 0 Å². The van der Waals surface area contributed by atoms with Gasteiger partial charge in [0.05, 0.1) is 23.8 Å². The second-order valence-corrected chi connectivity index (χ2v) is 13.0. The van der Waals surface area contributed by atoms with Crippen molar-refractivity contribution < 1.29 is 28.6 Å². The Morgan fingerprint density at radius 2 is 1.18 bits per heavy atom. The molecule has 0 aliphatic rings. The minimum atomic E-state index is -0.684. The summed E-state index contributed by atoms with van der Waals surface area (Å²) < 4.78 is 18.4.